The van der Waals surface area contributed by atoms with Gasteiger partial charge >= 0.3 is 6.18 Å². The molecule has 9 heteroatoms. The van der Waals surface area contributed by atoms with Gasteiger partial charge in [0, 0.05) is 6.42 Å². The van der Waals surface area contributed by atoms with Crippen LogP contribution in [0.1, 0.15) is 23.9 Å². The number of alkyl halides is 3. The van der Waals surface area contributed by atoms with E-state index in [9.17, 15) is 22.8 Å². The minimum absolute atomic E-state index is 0.0481. The van der Waals surface area contributed by atoms with E-state index in [2.05, 4.69) is 15.8 Å². The highest BCUT2D eigenvalue weighted by molar-refractivity contribution is 5.84. The van der Waals surface area contributed by atoms with Crippen molar-refractivity contribution in [3.63, 3.8) is 0 Å². The maximum Gasteiger partial charge on any atom is 0.416 e. The van der Waals surface area contributed by atoms with Gasteiger partial charge in [-0.3, -0.25) is 20.4 Å². The number of aromatic nitrogens is 2. The number of amides is 2. The lowest BCUT2D eigenvalue weighted by Gasteiger charge is -2.11. The number of imidazole rings is 1. The summed E-state index contributed by atoms with van der Waals surface area (Å²) in [5.74, 6) is -0.360. The molecule has 1 heterocycles. The van der Waals surface area contributed by atoms with Gasteiger partial charge in [0.15, 0.2) is 0 Å². The molecule has 0 aliphatic rings. The number of benzene rings is 2. The van der Waals surface area contributed by atoms with E-state index in [0.29, 0.717) is 6.42 Å². The van der Waals surface area contributed by atoms with Crippen molar-refractivity contribution in [3.8, 4) is 0 Å². The third-order valence-corrected chi connectivity index (χ3v) is 4.31. The van der Waals surface area contributed by atoms with E-state index in [1.807, 2.05) is 31.2 Å². The molecule has 0 aliphatic carbocycles. The Balaban J connectivity index is 1.60. The molecule has 2 amide bonds. The second kappa shape index (κ2) is 8.34. The van der Waals surface area contributed by atoms with Gasteiger partial charge in [-0.1, -0.05) is 37.3 Å². The third-order valence-electron chi connectivity index (χ3n) is 4.31. The number of hydrazine groups is 1. The number of aryl methyl sites for hydroxylation is 1. The summed E-state index contributed by atoms with van der Waals surface area (Å²) in [6, 6.07) is 11.9. The summed E-state index contributed by atoms with van der Waals surface area (Å²) in [4.78, 5) is 28.7. The average molecular weight is 404 g/mol. The molecule has 0 saturated heterocycles. The molecule has 0 aliphatic heterocycles. The van der Waals surface area contributed by atoms with Crippen LogP contribution in [0.3, 0.4) is 0 Å². The van der Waals surface area contributed by atoms with Crippen LogP contribution in [-0.4, -0.2) is 21.4 Å². The lowest BCUT2D eigenvalue weighted by atomic mass is 10.1. The van der Waals surface area contributed by atoms with Gasteiger partial charge in [-0.05, 0) is 23.8 Å². The van der Waals surface area contributed by atoms with Crippen molar-refractivity contribution in [2.75, 3.05) is 0 Å². The molecule has 3 rings (SSSR count). The van der Waals surface area contributed by atoms with Crippen LogP contribution < -0.4 is 10.9 Å². The Bertz CT molecular complexity index is 1040. The Kier molecular flexibility index (Phi) is 5.86. The fraction of sp³-hybridized carbons (Fsp3) is 0.250. The zero-order chi connectivity index (χ0) is 21.0. The maximum absolute atomic E-state index is 12.7. The number of carbonyl (C=O) groups excluding carboxylic acids is 2. The average Bonchev–Trinajstić information content (AvgIpc) is 3.03. The molecule has 0 spiro atoms. The van der Waals surface area contributed by atoms with E-state index < -0.39 is 23.6 Å². The zero-order valence-electron chi connectivity index (χ0n) is 15.6. The van der Waals surface area contributed by atoms with E-state index in [1.165, 1.54) is 12.1 Å². The van der Waals surface area contributed by atoms with E-state index >= 15 is 0 Å². The molecule has 0 fully saturated rings. The summed E-state index contributed by atoms with van der Waals surface area (Å²) in [7, 11) is 0. The molecule has 0 saturated carbocycles. The van der Waals surface area contributed by atoms with Gasteiger partial charge in [-0.2, -0.15) is 13.2 Å². The van der Waals surface area contributed by atoms with Gasteiger partial charge in [-0.25, -0.2) is 4.98 Å². The summed E-state index contributed by atoms with van der Waals surface area (Å²) < 4.78 is 40.0. The fourth-order valence-electron chi connectivity index (χ4n) is 2.98. The number of fused-ring (bicyclic) bond motifs is 1. The summed E-state index contributed by atoms with van der Waals surface area (Å²) in [5, 5.41) is 0. The van der Waals surface area contributed by atoms with Gasteiger partial charge in [0.2, 0.25) is 5.91 Å². The number of para-hydroxylation sites is 2. The topological polar surface area (TPSA) is 76.0 Å². The second-order valence-corrected chi connectivity index (χ2v) is 6.43. The standard InChI is InChI=1S/C20H19F3N4O2/c1-2-17-24-15-8-3-4-9-16(15)27(17)12-19(29)26-25-18(28)11-13-6-5-7-14(10-13)20(21,22)23/h3-10H,2,11-12H2,1H3,(H,25,28)(H,26,29). The molecular formula is C20H19F3N4O2. The molecule has 0 radical (unpaired) electrons. The molecule has 2 aromatic carbocycles. The number of hydrogen-bond donors (Lipinski definition) is 2. The van der Waals surface area contributed by atoms with Crippen LogP contribution in [0.5, 0.6) is 0 Å². The van der Waals surface area contributed by atoms with Crippen molar-refractivity contribution in [2.24, 2.45) is 0 Å². The smallest absolute Gasteiger partial charge is 0.318 e. The van der Waals surface area contributed by atoms with Crippen LogP contribution in [0.4, 0.5) is 13.2 Å². The van der Waals surface area contributed by atoms with Crippen LogP contribution in [0, 0.1) is 0 Å². The Morgan fingerprint density at radius 1 is 1.03 bits per heavy atom. The number of halogens is 3. The highest BCUT2D eigenvalue weighted by atomic mass is 19.4. The molecule has 0 bridgehead atoms. The van der Waals surface area contributed by atoms with Crippen LogP contribution in [0.25, 0.3) is 11.0 Å². The first kappa shape index (κ1) is 20.4. The van der Waals surface area contributed by atoms with Gasteiger partial charge < -0.3 is 4.57 Å². The van der Waals surface area contributed by atoms with Crippen molar-refractivity contribution in [1.82, 2.24) is 20.4 Å². The predicted molar refractivity (Wildman–Crippen MR) is 101 cm³/mol. The van der Waals surface area contributed by atoms with Crippen LogP contribution in [0.2, 0.25) is 0 Å². The monoisotopic (exact) mass is 404 g/mol. The Labute approximate surface area is 164 Å². The first-order valence-electron chi connectivity index (χ1n) is 8.96. The number of hydrogen-bond acceptors (Lipinski definition) is 3. The van der Waals surface area contributed by atoms with Gasteiger partial charge in [0.05, 0.1) is 23.0 Å². The lowest BCUT2D eigenvalue weighted by molar-refractivity contribution is -0.137. The summed E-state index contributed by atoms with van der Waals surface area (Å²) in [6.07, 6.45) is -4.15. The predicted octanol–water partition coefficient (Wildman–Crippen LogP) is 3.01. The number of rotatable bonds is 5. The van der Waals surface area contributed by atoms with Crippen LogP contribution in [0.15, 0.2) is 48.5 Å². The summed E-state index contributed by atoms with van der Waals surface area (Å²) >= 11 is 0. The Morgan fingerprint density at radius 2 is 1.76 bits per heavy atom. The van der Waals surface area contributed by atoms with Crippen LogP contribution >= 0.6 is 0 Å². The molecule has 6 nitrogen and oxygen atoms in total. The third kappa shape index (κ3) is 4.92. The minimum Gasteiger partial charge on any atom is -0.318 e. The van der Waals surface area contributed by atoms with Crippen molar-refractivity contribution >= 4 is 22.8 Å². The first-order valence-corrected chi connectivity index (χ1v) is 8.96. The van der Waals surface area contributed by atoms with Crippen molar-refractivity contribution in [3.05, 3.63) is 65.5 Å². The molecule has 2 N–H and O–H groups in total. The molecule has 1 aromatic heterocycles. The van der Waals surface area contributed by atoms with E-state index in [1.54, 1.807) is 4.57 Å². The molecular weight excluding hydrogens is 385 g/mol. The highest BCUT2D eigenvalue weighted by Crippen LogP contribution is 2.29. The Morgan fingerprint density at radius 3 is 2.48 bits per heavy atom. The number of nitrogens with one attached hydrogen (secondary N) is 2. The lowest BCUT2D eigenvalue weighted by Crippen LogP contribution is -2.44. The SMILES string of the molecule is CCc1nc2ccccc2n1CC(=O)NNC(=O)Cc1cccc(C(F)(F)F)c1. The van der Waals surface area contributed by atoms with E-state index in [4.69, 9.17) is 0 Å². The number of carbonyl (C=O) groups is 2. The molecule has 3 aromatic rings. The van der Waals surface area contributed by atoms with E-state index in [0.717, 1.165) is 29.0 Å². The summed E-state index contributed by atoms with van der Waals surface area (Å²) in [6.45, 7) is 1.87. The molecule has 152 valence electrons. The Hall–Kier alpha value is -3.36. The molecule has 0 unspecified atom stereocenters. The minimum atomic E-state index is -4.48. The van der Waals surface area contributed by atoms with Gasteiger partial charge in [-0.15, -0.1) is 0 Å². The fourth-order valence-corrected chi connectivity index (χ4v) is 2.98. The molecule has 29 heavy (non-hydrogen) atoms. The zero-order valence-corrected chi connectivity index (χ0v) is 15.6. The second-order valence-electron chi connectivity index (χ2n) is 6.43. The molecule has 0 atom stereocenters. The maximum atomic E-state index is 12.7. The quantitative estimate of drug-likeness (QED) is 0.642. The summed E-state index contributed by atoms with van der Waals surface area (Å²) in [5.41, 5.74) is 5.46. The van der Waals surface area contributed by atoms with Gasteiger partial charge in [0.1, 0.15) is 12.4 Å². The first-order chi connectivity index (χ1) is 13.8. The highest BCUT2D eigenvalue weighted by Gasteiger charge is 2.30. The van der Waals surface area contributed by atoms with Crippen molar-refractivity contribution < 1.29 is 22.8 Å². The largest absolute Gasteiger partial charge is 0.416 e. The van der Waals surface area contributed by atoms with Gasteiger partial charge in [0.25, 0.3) is 5.91 Å². The normalized spacial score (nSPS) is 11.4. The van der Waals surface area contributed by atoms with Crippen molar-refractivity contribution in [1.29, 1.82) is 0 Å². The van der Waals surface area contributed by atoms with Crippen LogP contribution in [-0.2, 0) is 35.2 Å². The van der Waals surface area contributed by atoms with Crippen molar-refractivity contribution in [2.45, 2.75) is 32.5 Å². The number of nitrogens with zero attached hydrogens (tertiary/aromatic N) is 2. The van der Waals surface area contributed by atoms with E-state index in [-0.39, 0.29) is 18.5 Å².